The monoisotopic (exact) mass is 247 g/mol. The third-order valence-electron chi connectivity index (χ3n) is 3.83. The van der Waals surface area contributed by atoms with Crippen LogP contribution in [-0.4, -0.2) is 31.8 Å². The second kappa shape index (κ2) is 4.28. The van der Waals surface area contributed by atoms with Crippen LogP contribution in [0.5, 0.6) is 5.75 Å². The molecule has 0 bridgehead atoms. The molecule has 1 N–H and O–H groups in total. The van der Waals surface area contributed by atoms with E-state index in [1.54, 1.807) is 7.11 Å². The molecule has 1 spiro atoms. The molecule has 2 aliphatic rings. The molecular formula is C14H17NO3. The fourth-order valence-electron chi connectivity index (χ4n) is 2.90. The smallest absolute Gasteiger partial charge is 0.246 e. The molecule has 1 atom stereocenters. The SMILES string of the molecule is COc1ccc2c(c1)CCC1(COCC(=O)N1)C2. The molecular weight excluding hydrogens is 230 g/mol. The van der Waals surface area contributed by atoms with Crippen LogP contribution in [0.2, 0.25) is 0 Å². The molecule has 1 fully saturated rings. The predicted molar refractivity (Wildman–Crippen MR) is 66.7 cm³/mol. The number of aryl methyl sites for hydroxylation is 1. The Morgan fingerprint density at radius 1 is 1.39 bits per heavy atom. The number of morpholine rings is 1. The van der Waals surface area contributed by atoms with Crippen LogP contribution < -0.4 is 10.1 Å². The van der Waals surface area contributed by atoms with Crippen LogP contribution >= 0.6 is 0 Å². The zero-order valence-corrected chi connectivity index (χ0v) is 10.5. The number of hydrogen-bond donors (Lipinski definition) is 1. The number of nitrogens with one attached hydrogen (secondary N) is 1. The Hall–Kier alpha value is -1.55. The zero-order valence-electron chi connectivity index (χ0n) is 10.5. The highest BCUT2D eigenvalue weighted by Crippen LogP contribution is 2.32. The van der Waals surface area contributed by atoms with Gasteiger partial charge >= 0.3 is 0 Å². The van der Waals surface area contributed by atoms with Crippen molar-refractivity contribution in [3.05, 3.63) is 29.3 Å². The maximum atomic E-state index is 11.5. The van der Waals surface area contributed by atoms with Gasteiger partial charge < -0.3 is 14.8 Å². The van der Waals surface area contributed by atoms with Crippen molar-refractivity contribution in [3.8, 4) is 5.75 Å². The van der Waals surface area contributed by atoms with E-state index in [4.69, 9.17) is 9.47 Å². The quantitative estimate of drug-likeness (QED) is 0.807. The molecule has 0 radical (unpaired) electrons. The van der Waals surface area contributed by atoms with E-state index >= 15 is 0 Å². The third-order valence-corrected chi connectivity index (χ3v) is 3.83. The number of hydrogen-bond acceptors (Lipinski definition) is 3. The highest BCUT2D eigenvalue weighted by molar-refractivity contribution is 5.79. The number of rotatable bonds is 1. The summed E-state index contributed by atoms with van der Waals surface area (Å²) in [6.45, 7) is 0.807. The minimum atomic E-state index is -0.197. The summed E-state index contributed by atoms with van der Waals surface area (Å²) in [4.78, 5) is 11.5. The summed E-state index contributed by atoms with van der Waals surface area (Å²) in [5.74, 6) is 0.895. The fraction of sp³-hybridized carbons (Fsp3) is 0.500. The lowest BCUT2D eigenvalue weighted by Gasteiger charge is -2.41. The van der Waals surface area contributed by atoms with Crippen molar-refractivity contribution in [2.45, 2.75) is 24.8 Å². The summed E-state index contributed by atoms with van der Waals surface area (Å²) in [6.07, 6.45) is 2.73. The predicted octanol–water partition coefficient (Wildman–Crippen LogP) is 1.07. The van der Waals surface area contributed by atoms with Crippen molar-refractivity contribution < 1.29 is 14.3 Å². The molecule has 1 saturated heterocycles. The maximum Gasteiger partial charge on any atom is 0.246 e. The van der Waals surface area contributed by atoms with Crippen molar-refractivity contribution in [1.82, 2.24) is 5.32 Å². The number of ether oxygens (including phenoxy) is 2. The van der Waals surface area contributed by atoms with E-state index in [1.165, 1.54) is 11.1 Å². The molecule has 18 heavy (non-hydrogen) atoms. The van der Waals surface area contributed by atoms with E-state index in [1.807, 2.05) is 6.07 Å². The molecule has 1 heterocycles. The minimum absolute atomic E-state index is 0.00166. The number of amides is 1. The van der Waals surface area contributed by atoms with Gasteiger partial charge in [-0.3, -0.25) is 4.79 Å². The first-order valence-corrected chi connectivity index (χ1v) is 6.25. The zero-order chi connectivity index (χ0) is 12.6. The summed E-state index contributed by atoms with van der Waals surface area (Å²) in [6, 6.07) is 6.16. The Labute approximate surface area is 106 Å². The summed E-state index contributed by atoms with van der Waals surface area (Å²) >= 11 is 0. The van der Waals surface area contributed by atoms with Crippen LogP contribution in [0.4, 0.5) is 0 Å². The molecule has 3 rings (SSSR count). The molecule has 1 unspecified atom stereocenters. The molecule has 96 valence electrons. The Kier molecular flexibility index (Phi) is 2.74. The van der Waals surface area contributed by atoms with Gasteiger partial charge in [0, 0.05) is 0 Å². The third kappa shape index (κ3) is 1.97. The van der Waals surface area contributed by atoms with Gasteiger partial charge in [0.2, 0.25) is 5.91 Å². The number of methoxy groups -OCH3 is 1. The second-order valence-electron chi connectivity index (χ2n) is 5.13. The standard InChI is InChI=1S/C14H17NO3/c1-17-12-3-2-11-7-14(5-4-10(11)6-12)9-18-8-13(16)15-14/h2-3,6H,4-5,7-9H2,1H3,(H,15,16). The van der Waals surface area contributed by atoms with Crippen LogP contribution in [0.15, 0.2) is 18.2 Å². The fourth-order valence-corrected chi connectivity index (χ4v) is 2.90. The van der Waals surface area contributed by atoms with Crippen LogP contribution in [0.1, 0.15) is 17.5 Å². The van der Waals surface area contributed by atoms with Crippen molar-refractivity contribution in [2.75, 3.05) is 20.3 Å². The van der Waals surface area contributed by atoms with Gasteiger partial charge in [-0.05, 0) is 42.5 Å². The first-order valence-electron chi connectivity index (χ1n) is 6.25. The molecule has 4 heteroatoms. The van der Waals surface area contributed by atoms with Crippen LogP contribution in [0.25, 0.3) is 0 Å². The molecule has 1 aliphatic heterocycles. The lowest BCUT2D eigenvalue weighted by Crippen LogP contribution is -2.59. The van der Waals surface area contributed by atoms with E-state index in [-0.39, 0.29) is 18.1 Å². The Balaban J connectivity index is 1.86. The van der Waals surface area contributed by atoms with E-state index in [2.05, 4.69) is 17.4 Å². The lowest BCUT2D eigenvalue weighted by atomic mass is 9.78. The molecule has 0 saturated carbocycles. The average molecular weight is 247 g/mol. The van der Waals surface area contributed by atoms with Gasteiger partial charge in [0.05, 0.1) is 19.3 Å². The van der Waals surface area contributed by atoms with Crippen molar-refractivity contribution in [2.24, 2.45) is 0 Å². The minimum Gasteiger partial charge on any atom is -0.497 e. The van der Waals surface area contributed by atoms with E-state index in [9.17, 15) is 4.79 Å². The highest BCUT2D eigenvalue weighted by Gasteiger charge is 2.38. The number of carbonyl (C=O) groups is 1. The Morgan fingerprint density at radius 2 is 2.28 bits per heavy atom. The topological polar surface area (TPSA) is 47.6 Å². The van der Waals surface area contributed by atoms with Crippen molar-refractivity contribution in [3.63, 3.8) is 0 Å². The van der Waals surface area contributed by atoms with Crippen LogP contribution in [0.3, 0.4) is 0 Å². The summed E-state index contributed by atoms with van der Waals surface area (Å²) in [5.41, 5.74) is 2.41. The number of carbonyl (C=O) groups excluding carboxylic acids is 1. The highest BCUT2D eigenvalue weighted by atomic mass is 16.5. The Bertz CT molecular complexity index is 486. The number of benzene rings is 1. The van der Waals surface area contributed by atoms with Gasteiger partial charge in [0.1, 0.15) is 12.4 Å². The first-order chi connectivity index (χ1) is 8.71. The van der Waals surface area contributed by atoms with Gasteiger partial charge in [-0.1, -0.05) is 6.07 Å². The van der Waals surface area contributed by atoms with Crippen molar-refractivity contribution >= 4 is 5.91 Å². The molecule has 1 aromatic rings. The van der Waals surface area contributed by atoms with Gasteiger partial charge in [-0.15, -0.1) is 0 Å². The first kappa shape index (κ1) is 11.5. The average Bonchev–Trinajstić information content (AvgIpc) is 2.38. The summed E-state index contributed by atoms with van der Waals surface area (Å²) in [7, 11) is 1.68. The molecule has 0 aromatic heterocycles. The Morgan fingerprint density at radius 3 is 3.06 bits per heavy atom. The van der Waals surface area contributed by atoms with E-state index < -0.39 is 0 Å². The van der Waals surface area contributed by atoms with Gasteiger partial charge in [-0.25, -0.2) is 0 Å². The van der Waals surface area contributed by atoms with Crippen molar-refractivity contribution in [1.29, 1.82) is 0 Å². The summed E-state index contributed by atoms with van der Waals surface area (Å²) in [5, 5.41) is 3.11. The lowest BCUT2D eigenvalue weighted by molar-refractivity contribution is -0.135. The number of fused-ring (bicyclic) bond motifs is 1. The normalized spacial score (nSPS) is 26.6. The van der Waals surface area contributed by atoms with Crippen LogP contribution in [-0.2, 0) is 22.4 Å². The van der Waals surface area contributed by atoms with E-state index in [0.717, 1.165) is 25.0 Å². The van der Waals surface area contributed by atoms with Gasteiger partial charge in [0.15, 0.2) is 0 Å². The second-order valence-corrected chi connectivity index (χ2v) is 5.13. The maximum absolute atomic E-state index is 11.5. The molecule has 4 nitrogen and oxygen atoms in total. The molecule has 1 aliphatic carbocycles. The van der Waals surface area contributed by atoms with Crippen LogP contribution in [0, 0.1) is 0 Å². The molecule has 1 amide bonds. The van der Waals surface area contributed by atoms with Gasteiger partial charge in [0.25, 0.3) is 0 Å². The molecule has 1 aromatic carbocycles. The van der Waals surface area contributed by atoms with E-state index in [0.29, 0.717) is 6.61 Å². The summed E-state index contributed by atoms with van der Waals surface area (Å²) < 4.78 is 10.6. The van der Waals surface area contributed by atoms with Gasteiger partial charge in [-0.2, -0.15) is 0 Å². The largest absolute Gasteiger partial charge is 0.497 e.